The van der Waals surface area contributed by atoms with Crippen molar-refractivity contribution >= 4 is 22.1 Å². The van der Waals surface area contributed by atoms with E-state index in [1.165, 1.54) is 0 Å². The van der Waals surface area contributed by atoms with Crippen LogP contribution in [0.3, 0.4) is 0 Å². The highest BCUT2D eigenvalue weighted by molar-refractivity contribution is 6.00. The van der Waals surface area contributed by atoms with Gasteiger partial charge in [0.2, 0.25) is 0 Å². The van der Waals surface area contributed by atoms with Crippen molar-refractivity contribution in [1.29, 1.82) is 0 Å². The molecule has 1 atom stereocenters. The summed E-state index contributed by atoms with van der Waals surface area (Å²) in [5, 5.41) is 5.54. The molecule has 0 bridgehead atoms. The molecular formula is C15H20N4O. The van der Waals surface area contributed by atoms with Crippen molar-refractivity contribution in [2.75, 3.05) is 44.3 Å². The van der Waals surface area contributed by atoms with Crippen LogP contribution in [0.1, 0.15) is 0 Å². The van der Waals surface area contributed by atoms with Crippen molar-refractivity contribution in [2.24, 2.45) is 0 Å². The Kier molecular flexibility index (Phi) is 3.71. The molecule has 2 aromatic rings. The Labute approximate surface area is 118 Å². The molecule has 0 amide bonds. The highest BCUT2D eigenvalue weighted by atomic mass is 16.5. The molecule has 2 heterocycles. The number of nitrogens with zero attached hydrogens (tertiary/aromatic N) is 2. The Morgan fingerprint density at radius 2 is 2.30 bits per heavy atom. The molecule has 0 saturated carbocycles. The first-order valence-corrected chi connectivity index (χ1v) is 6.90. The second kappa shape index (κ2) is 5.64. The SMILES string of the molecule is CN1CCOC(CNc2ccc(N)c3ccncc23)C1. The zero-order valence-electron chi connectivity index (χ0n) is 11.7. The average molecular weight is 272 g/mol. The van der Waals surface area contributed by atoms with Gasteiger partial charge in [-0.15, -0.1) is 0 Å². The van der Waals surface area contributed by atoms with Crippen LogP contribution in [0, 0.1) is 0 Å². The molecule has 106 valence electrons. The summed E-state index contributed by atoms with van der Waals surface area (Å²) in [6, 6.07) is 5.88. The van der Waals surface area contributed by atoms with Crippen molar-refractivity contribution in [3.8, 4) is 0 Å². The maximum absolute atomic E-state index is 6.00. The monoisotopic (exact) mass is 272 g/mol. The number of hydrogen-bond donors (Lipinski definition) is 2. The first kappa shape index (κ1) is 13.1. The zero-order valence-corrected chi connectivity index (χ0v) is 11.7. The van der Waals surface area contributed by atoms with Gasteiger partial charge in [0.25, 0.3) is 0 Å². The van der Waals surface area contributed by atoms with Gasteiger partial charge in [-0.25, -0.2) is 0 Å². The second-order valence-electron chi connectivity index (χ2n) is 5.26. The second-order valence-corrected chi connectivity index (χ2v) is 5.26. The highest BCUT2D eigenvalue weighted by Gasteiger charge is 2.17. The molecular weight excluding hydrogens is 252 g/mol. The van der Waals surface area contributed by atoms with Gasteiger partial charge in [0.1, 0.15) is 0 Å². The third-order valence-electron chi connectivity index (χ3n) is 3.71. The van der Waals surface area contributed by atoms with E-state index in [0.29, 0.717) is 0 Å². The quantitative estimate of drug-likeness (QED) is 0.830. The minimum absolute atomic E-state index is 0.220. The summed E-state index contributed by atoms with van der Waals surface area (Å²) in [5.74, 6) is 0. The molecule has 1 aromatic carbocycles. The summed E-state index contributed by atoms with van der Waals surface area (Å²) in [7, 11) is 2.12. The van der Waals surface area contributed by atoms with Crippen LogP contribution in [0.15, 0.2) is 30.6 Å². The molecule has 1 unspecified atom stereocenters. The van der Waals surface area contributed by atoms with E-state index in [1.807, 2.05) is 24.4 Å². The Hall–Kier alpha value is -1.85. The largest absolute Gasteiger partial charge is 0.398 e. The molecule has 1 aliphatic rings. The lowest BCUT2D eigenvalue weighted by Gasteiger charge is -2.30. The normalized spacial score (nSPS) is 20.1. The minimum atomic E-state index is 0.220. The number of rotatable bonds is 3. The average Bonchev–Trinajstić information content (AvgIpc) is 2.47. The number of fused-ring (bicyclic) bond motifs is 1. The number of anilines is 2. The van der Waals surface area contributed by atoms with Gasteiger partial charge in [-0.3, -0.25) is 4.98 Å². The number of hydrogen-bond acceptors (Lipinski definition) is 5. The fraction of sp³-hybridized carbons (Fsp3) is 0.400. The number of nitrogens with two attached hydrogens (primary N) is 1. The van der Waals surface area contributed by atoms with Gasteiger partial charge in [-0.1, -0.05) is 0 Å². The Balaban J connectivity index is 1.76. The number of likely N-dealkylation sites (N-methyl/N-ethyl adjacent to an activating group) is 1. The molecule has 0 radical (unpaired) electrons. The Morgan fingerprint density at radius 3 is 3.15 bits per heavy atom. The van der Waals surface area contributed by atoms with Crippen LogP contribution in [0.5, 0.6) is 0 Å². The van der Waals surface area contributed by atoms with Crippen LogP contribution >= 0.6 is 0 Å². The van der Waals surface area contributed by atoms with Gasteiger partial charge in [0.15, 0.2) is 0 Å². The number of nitrogen functional groups attached to an aromatic ring is 1. The maximum atomic E-state index is 6.00. The van der Waals surface area contributed by atoms with Gasteiger partial charge < -0.3 is 20.7 Å². The molecule has 20 heavy (non-hydrogen) atoms. The third kappa shape index (κ3) is 2.69. The van der Waals surface area contributed by atoms with E-state index in [2.05, 4.69) is 22.2 Å². The lowest BCUT2D eigenvalue weighted by atomic mass is 10.1. The smallest absolute Gasteiger partial charge is 0.0874 e. The minimum Gasteiger partial charge on any atom is -0.398 e. The number of pyridine rings is 1. The molecule has 3 rings (SSSR count). The van der Waals surface area contributed by atoms with E-state index in [9.17, 15) is 0 Å². The van der Waals surface area contributed by atoms with Crippen molar-refractivity contribution < 1.29 is 4.74 Å². The molecule has 0 aliphatic carbocycles. The van der Waals surface area contributed by atoms with Crippen molar-refractivity contribution in [3.63, 3.8) is 0 Å². The van der Waals surface area contributed by atoms with Crippen LogP contribution in [0.4, 0.5) is 11.4 Å². The van der Waals surface area contributed by atoms with Gasteiger partial charge in [0, 0.05) is 54.2 Å². The first-order chi connectivity index (χ1) is 9.74. The van der Waals surface area contributed by atoms with Crippen molar-refractivity contribution in [1.82, 2.24) is 9.88 Å². The van der Waals surface area contributed by atoms with Crippen LogP contribution in [0.2, 0.25) is 0 Å². The maximum Gasteiger partial charge on any atom is 0.0874 e. The molecule has 1 fully saturated rings. The summed E-state index contributed by atoms with van der Waals surface area (Å²) < 4.78 is 5.76. The van der Waals surface area contributed by atoms with Crippen molar-refractivity contribution in [3.05, 3.63) is 30.6 Å². The van der Waals surface area contributed by atoms with E-state index in [1.54, 1.807) is 6.20 Å². The number of benzene rings is 1. The summed E-state index contributed by atoms with van der Waals surface area (Å²) in [6.07, 6.45) is 3.84. The molecule has 5 nitrogen and oxygen atoms in total. The van der Waals surface area contributed by atoms with Crippen LogP contribution in [-0.2, 0) is 4.74 Å². The Morgan fingerprint density at radius 1 is 1.40 bits per heavy atom. The molecule has 3 N–H and O–H groups in total. The molecule has 0 spiro atoms. The van der Waals surface area contributed by atoms with E-state index < -0.39 is 0 Å². The topological polar surface area (TPSA) is 63.4 Å². The highest BCUT2D eigenvalue weighted by Crippen LogP contribution is 2.27. The number of morpholine rings is 1. The first-order valence-electron chi connectivity index (χ1n) is 6.90. The van der Waals surface area contributed by atoms with E-state index in [4.69, 9.17) is 10.5 Å². The summed E-state index contributed by atoms with van der Waals surface area (Å²) in [4.78, 5) is 6.48. The summed E-state index contributed by atoms with van der Waals surface area (Å²) in [6.45, 7) is 3.55. The number of nitrogens with one attached hydrogen (secondary N) is 1. The molecule has 1 aliphatic heterocycles. The fourth-order valence-corrected chi connectivity index (χ4v) is 2.58. The number of aromatic nitrogens is 1. The van der Waals surface area contributed by atoms with Gasteiger partial charge in [0.05, 0.1) is 12.7 Å². The van der Waals surface area contributed by atoms with Crippen LogP contribution in [0.25, 0.3) is 10.8 Å². The summed E-state index contributed by atoms with van der Waals surface area (Å²) in [5.41, 5.74) is 7.83. The zero-order chi connectivity index (χ0) is 13.9. The molecule has 5 heteroatoms. The standard InChI is InChI=1S/C15H20N4O/c1-19-6-7-20-11(10-19)8-18-15-3-2-14(16)12-4-5-17-9-13(12)15/h2-5,9,11,18H,6-8,10,16H2,1H3. The molecule has 1 saturated heterocycles. The van der Waals surface area contributed by atoms with Gasteiger partial charge >= 0.3 is 0 Å². The van der Waals surface area contributed by atoms with Gasteiger partial charge in [-0.2, -0.15) is 0 Å². The van der Waals surface area contributed by atoms with E-state index in [0.717, 1.165) is 48.4 Å². The van der Waals surface area contributed by atoms with E-state index in [-0.39, 0.29) is 6.10 Å². The Bertz CT molecular complexity index is 601. The van der Waals surface area contributed by atoms with Crippen molar-refractivity contribution in [2.45, 2.75) is 6.10 Å². The molecule has 1 aromatic heterocycles. The predicted octanol–water partition coefficient (Wildman–Crippen LogP) is 1.56. The summed E-state index contributed by atoms with van der Waals surface area (Å²) >= 11 is 0. The van der Waals surface area contributed by atoms with Crippen LogP contribution in [-0.4, -0.2) is 49.3 Å². The lowest BCUT2D eigenvalue weighted by Crippen LogP contribution is -2.43. The van der Waals surface area contributed by atoms with Crippen LogP contribution < -0.4 is 11.1 Å². The predicted molar refractivity (Wildman–Crippen MR) is 81.9 cm³/mol. The third-order valence-corrected chi connectivity index (χ3v) is 3.71. The lowest BCUT2D eigenvalue weighted by molar-refractivity contribution is -0.0117. The fourth-order valence-electron chi connectivity index (χ4n) is 2.58. The number of ether oxygens (including phenoxy) is 1. The van der Waals surface area contributed by atoms with E-state index >= 15 is 0 Å². The van der Waals surface area contributed by atoms with Gasteiger partial charge in [-0.05, 0) is 25.2 Å².